The number of ether oxygens (including phenoxy) is 1. The number of benzene rings is 1. The van der Waals surface area contributed by atoms with Crippen LogP contribution in [0.5, 0.6) is 0 Å². The lowest BCUT2D eigenvalue weighted by atomic mass is 10.2. The number of aromatic nitrogens is 2. The van der Waals surface area contributed by atoms with Crippen LogP contribution in [0.2, 0.25) is 0 Å². The molecule has 160 valence electrons. The topological polar surface area (TPSA) is 64.4 Å². The monoisotopic (exact) mass is 445 g/mol. The van der Waals surface area contributed by atoms with Crippen molar-refractivity contribution >= 4 is 44.9 Å². The smallest absolute Gasteiger partial charge is 0.263 e. The Labute approximate surface area is 184 Å². The normalized spacial score (nSPS) is 11.2. The Bertz CT molecular complexity index is 1080. The summed E-state index contributed by atoms with van der Waals surface area (Å²) in [4.78, 5) is 34.1. The van der Waals surface area contributed by atoms with Gasteiger partial charge in [-0.3, -0.25) is 14.2 Å². The molecule has 3 aromatic rings. The molecule has 2 aromatic heterocycles. The quantitative estimate of drug-likeness (QED) is 0.280. The molecule has 1 aromatic carbocycles. The van der Waals surface area contributed by atoms with Gasteiger partial charge in [0.15, 0.2) is 5.16 Å². The third kappa shape index (κ3) is 4.94. The van der Waals surface area contributed by atoms with Crippen LogP contribution in [-0.2, 0) is 16.1 Å². The van der Waals surface area contributed by atoms with Crippen molar-refractivity contribution in [1.29, 1.82) is 0 Å². The number of hydrogen-bond acceptors (Lipinski definition) is 6. The van der Waals surface area contributed by atoms with Gasteiger partial charge in [-0.1, -0.05) is 30.0 Å². The van der Waals surface area contributed by atoms with Crippen LogP contribution in [0.4, 0.5) is 5.69 Å². The van der Waals surface area contributed by atoms with Crippen LogP contribution in [0.25, 0.3) is 10.2 Å². The number of para-hydroxylation sites is 1. The molecule has 0 spiro atoms. The fraction of sp³-hybridized carbons (Fsp3) is 0.409. The second-order valence-corrected chi connectivity index (χ2v) is 9.09. The average molecular weight is 446 g/mol. The summed E-state index contributed by atoms with van der Waals surface area (Å²) < 4.78 is 7.12. The molecule has 0 aliphatic heterocycles. The Morgan fingerprint density at radius 1 is 1.27 bits per heavy atom. The lowest BCUT2D eigenvalue weighted by Crippen LogP contribution is -2.29. The van der Waals surface area contributed by atoms with Gasteiger partial charge in [-0.2, -0.15) is 0 Å². The van der Waals surface area contributed by atoms with Crippen LogP contribution < -0.4 is 10.5 Å². The average Bonchev–Trinajstić information content (AvgIpc) is 3.04. The molecule has 0 saturated carbocycles. The van der Waals surface area contributed by atoms with Crippen LogP contribution in [0.15, 0.2) is 40.3 Å². The summed E-state index contributed by atoms with van der Waals surface area (Å²) >= 11 is 2.84. The summed E-state index contributed by atoms with van der Waals surface area (Å²) in [6.45, 7) is 7.67. The summed E-state index contributed by atoms with van der Waals surface area (Å²) in [5.74, 6) is 0.165. The first kappa shape index (κ1) is 22.5. The minimum Gasteiger partial charge on any atom is -0.382 e. The van der Waals surface area contributed by atoms with Gasteiger partial charge in [0, 0.05) is 37.4 Å². The highest BCUT2D eigenvalue weighted by atomic mass is 32.2. The van der Waals surface area contributed by atoms with Gasteiger partial charge in [0.25, 0.3) is 5.56 Å². The van der Waals surface area contributed by atoms with E-state index in [4.69, 9.17) is 9.72 Å². The lowest BCUT2D eigenvalue weighted by molar-refractivity contribution is -0.115. The number of rotatable bonds is 9. The van der Waals surface area contributed by atoms with E-state index in [1.807, 2.05) is 51.1 Å². The number of amides is 1. The first-order valence-corrected chi connectivity index (χ1v) is 11.8. The SMILES string of the molecule is CCOCCCn1c(SCC(=O)N(C)c2ccccc2)nc2sc(C)c(C)c2c1=O. The van der Waals surface area contributed by atoms with Gasteiger partial charge < -0.3 is 9.64 Å². The maximum Gasteiger partial charge on any atom is 0.263 e. The molecule has 1 amide bonds. The zero-order valence-corrected chi connectivity index (χ0v) is 19.4. The first-order valence-electron chi connectivity index (χ1n) is 9.96. The van der Waals surface area contributed by atoms with Crippen molar-refractivity contribution in [1.82, 2.24) is 9.55 Å². The molecule has 0 aliphatic carbocycles. The molecule has 0 radical (unpaired) electrons. The van der Waals surface area contributed by atoms with E-state index in [1.165, 1.54) is 23.1 Å². The Morgan fingerprint density at radius 3 is 2.70 bits per heavy atom. The van der Waals surface area contributed by atoms with Crippen molar-refractivity contribution in [2.75, 3.05) is 30.9 Å². The number of carbonyl (C=O) groups is 1. The van der Waals surface area contributed by atoms with Crippen molar-refractivity contribution in [3.63, 3.8) is 0 Å². The zero-order valence-electron chi connectivity index (χ0n) is 17.8. The molecule has 0 aliphatic rings. The van der Waals surface area contributed by atoms with Crippen molar-refractivity contribution in [3.05, 3.63) is 51.1 Å². The summed E-state index contributed by atoms with van der Waals surface area (Å²) in [5, 5.41) is 1.27. The van der Waals surface area contributed by atoms with Gasteiger partial charge in [0.1, 0.15) is 4.83 Å². The van der Waals surface area contributed by atoms with E-state index in [1.54, 1.807) is 16.5 Å². The molecular weight excluding hydrogens is 418 g/mol. The summed E-state index contributed by atoms with van der Waals surface area (Å²) in [6.07, 6.45) is 0.717. The van der Waals surface area contributed by atoms with Gasteiger partial charge in [-0.05, 0) is 44.9 Å². The molecule has 0 saturated heterocycles. The first-order chi connectivity index (χ1) is 14.4. The van der Waals surface area contributed by atoms with Crippen LogP contribution in [-0.4, -0.2) is 41.5 Å². The van der Waals surface area contributed by atoms with Crippen LogP contribution in [0.1, 0.15) is 23.8 Å². The van der Waals surface area contributed by atoms with Gasteiger partial charge in [0.2, 0.25) is 5.91 Å². The summed E-state index contributed by atoms with van der Waals surface area (Å²) in [5.41, 5.74) is 1.79. The fourth-order valence-corrected chi connectivity index (χ4v) is 5.11. The third-order valence-electron chi connectivity index (χ3n) is 4.97. The second-order valence-electron chi connectivity index (χ2n) is 6.94. The molecule has 0 bridgehead atoms. The van der Waals surface area contributed by atoms with Crippen molar-refractivity contribution < 1.29 is 9.53 Å². The van der Waals surface area contributed by atoms with Crippen LogP contribution in [0, 0.1) is 13.8 Å². The summed E-state index contributed by atoms with van der Waals surface area (Å²) in [6, 6.07) is 9.52. The van der Waals surface area contributed by atoms with E-state index < -0.39 is 0 Å². The molecule has 8 heteroatoms. The highest BCUT2D eigenvalue weighted by Gasteiger charge is 2.19. The van der Waals surface area contributed by atoms with Crippen molar-refractivity contribution in [3.8, 4) is 0 Å². The highest BCUT2D eigenvalue weighted by molar-refractivity contribution is 7.99. The second kappa shape index (κ2) is 10.2. The third-order valence-corrected chi connectivity index (χ3v) is 7.03. The number of aryl methyl sites for hydroxylation is 2. The zero-order chi connectivity index (χ0) is 21.7. The van der Waals surface area contributed by atoms with E-state index in [0.29, 0.717) is 36.7 Å². The van der Waals surface area contributed by atoms with Crippen molar-refractivity contribution in [2.45, 2.75) is 38.9 Å². The predicted octanol–water partition coefficient (Wildman–Crippen LogP) is 4.26. The predicted molar refractivity (Wildman–Crippen MR) is 125 cm³/mol. The molecule has 2 heterocycles. The number of fused-ring (bicyclic) bond motifs is 1. The van der Waals surface area contributed by atoms with E-state index in [9.17, 15) is 9.59 Å². The van der Waals surface area contributed by atoms with Crippen LogP contribution in [0.3, 0.4) is 0 Å². The van der Waals surface area contributed by atoms with E-state index in [0.717, 1.165) is 21.0 Å². The van der Waals surface area contributed by atoms with Gasteiger partial charge in [-0.15, -0.1) is 11.3 Å². The number of thiophene rings is 1. The molecule has 0 N–H and O–H groups in total. The molecule has 0 fully saturated rings. The Kier molecular flexibility index (Phi) is 7.69. The maximum absolute atomic E-state index is 13.2. The number of nitrogens with zero attached hydrogens (tertiary/aromatic N) is 3. The minimum absolute atomic E-state index is 0.0373. The van der Waals surface area contributed by atoms with E-state index in [2.05, 4.69) is 0 Å². The number of carbonyl (C=O) groups excluding carboxylic acids is 1. The maximum atomic E-state index is 13.2. The molecule has 30 heavy (non-hydrogen) atoms. The Hall–Kier alpha value is -2.16. The molecular formula is C22H27N3O3S2. The van der Waals surface area contributed by atoms with E-state index >= 15 is 0 Å². The largest absolute Gasteiger partial charge is 0.382 e. The van der Waals surface area contributed by atoms with Crippen molar-refractivity contribution in [2.24, 2.45) is 0 Å². The molecule has 0 atom stereocenters. The van der Waals surface area contributed by atoms with Gasteiger partial charge in [0.05, 0.1) is 11.1 Å². The Morgan fingerprint density at radius 2 is 2.00 bits per heavy atom. The summed E-state index contributed by atoms with van der Waals surface area (Å²) in [7, 11) is 1.76. The number of thioether (sulfide) groups is 1. The number of hydrogen-bond donors (Lipinski definition) is 0. The fourth-order valence-electron chi connectivity index (χ4n) is 3.10. The Balaban J connectivity index is 1.85. The highest BCUT2D eigenvalue weighted by Crippen LogP contribution is 2.28. The number of anilines is 1. The minimum atomic E-state index is -0.0417. The van der Waals surface area contributed by atoms with Crippen LogP contribution >= 0.6 is 23.1 Å². The van der Waals surface area contributed by atoms with Gasteiger partial charge in [-0.25, -0.2) is 4.98 Å². The lowest BCUT2D eigenvalue weighted by Gasteiger charge is -2.17. The molecule has 0 unspecified atom stereocenters. The standard InChI is InChI=1S/C22H27N3O3S2/c1-5-28-13-9-12-25-21(27)19-15(2)16(3)30-20(19)23-22(25)29-14-18(26)24(4)17-10-7-6-8-11-17/h6-8,10-11H,5,9,12-14H2,1-4H3. The molecule has 6 nitrogen and oxygen atoms in total. The van der Waals surface area contributed by atoms with E-state index in [-0.39, 0.29) is 17.2 Å². The van der Waals surface area contributed by atoms with Gasteiger partial charge >= 0.3 is 0 Å². The molecule has 3 rings (SSSR count).